The van der Waals surface area contributed by atoms with Crippen molar-refractivity contribution in [1.29, 1.82) is 0 Å². The number of fused-ring (bicyclic) bond motifs is 1. The number of hydrogen-bond acceptors (Lipinski definition) is 19. The molecule has 0 aliphatic carbocycles. The van der Waals surface area contributed by atoms with Crippen LogP contribution in [0.1, 0.15) is 13.8 Å². The van der Waals surface area contributed by atoms with Gasteiger partial charge in [0.05, 0.1) is 18.8 Å². The Morgan fingerprint density at radius 3 is 1.79 bits per heavy atom. The van der Waals surface area contributed by atoms with Gasteiger partial charge in [-0.1, -0.05) is 0 Å². The fourth-order valence-corrected chi connectivity index (χ4v) is 6.09. The van der Waals surface area contributed by atoms with Crippen molar-refractivity contribution < 1.29 is 89.0 Å². The van der Waals surface area contributed by atoms with Crippen LogP contribution in [0.5, 0.6) is 23.0 Å². The number of rotatable bonds is 8. The van der Waals surface area contributed by atoms with Gasteiger partial charge in [-0.3, -0.25) is 4.79 Å². The van der Waals surface area contributed by atoms with Gasteiger partial charge in [-0.25, -0.2) is 0 Å². The maximum atomic E-state index is 14.0. The zero-order chi connectivity index (χ0) is 37.8. The van der Waals surface area contributed by atoms with E-state index in [0.29, 0.717) is 0 Å². The number of ether oxygens (including phenoxy) is 6. The highest BCUT2D eigenvalue weighted by atomic mass is 16.7. The first-order valence-electron chi connectivity index (χ1n) is 16.2. The molecule has 15 atom stereocenters. The zero-order valence-corrected chi connectivity index (χ0v) is 27.5. The molecule has 4 heterocycles. The third-order valence-electron chi connectivity index (χ3n) is 9.23. The van der Waals surface area contributed by atoms with Crippen LogP contribution in [0, 0.1) is 0 Å². The lowest BCUT2D eigenvalue weighted by Gasteiger charge is -2.42. The Balaban J connectivity index is 1.32. The summed E-state index contributed by atoms with van der Waals surface area (Å²) >= 11 is 0. The Morgan fingerprint density at radius 1 is 0.635 bits per heavy atom. The molecule has 1 aromatic heterocycles. The van der Waals surface area contributed by atoms with Crippen LogP contribution in [0.15, 0.2) is 45.6 Å². The minimum atomic E-state index is -1.98. The Kier molecular flexibility index (Phi) is 11.0. The van der Waals surface area contributed by atoms with Crippen LogP contribution in [0.3, 0.4) is 0 Å². The van der Waals surface area contributed by atoms with Gasteiger partial charge in [-0.05, 0) is 38.1 Å². The Bertz CT molecular complexity index is 1770. The Hall–Kier alpha value is -3.67. The first-order valence-corrected chi connectivity index (χ1v) is 16.2. The minimum Gasteiger partial charge on any atom is -0.508 e. The van der Waals surface area contributed by atoms with Crippen molar-refractivity contribution in [3.63, 3.8) is 0 Å². The van der Waals surface area contributed by atoms with E-state index in [-0.39, 0.29) is 28.4 Å². The molecular formula is C33H40O19. The van der Waals surface area contributed by atoms with Crippen molar-refractivity contribution >= 4 is 11.0 Å². The molecule has 52 heavy (non-hydrogen) atoms. The minimum absolute atomic E-state index is 0.138. The van der Waals surface area contributed by atoms with Crippen LogP contribution < -0.4 is 14.9 Å². The summed E-state index contributed by atoms with van der Waals surface area (Å²) in [6.45, 7) is 2.25. The van der Waals surface area contributed by atoms with Crippen molar-refractivity contribution in [2.24, 2.45) is 0 Å². The van der Waals surface area contributed by atoms with Crippen LogP contribution in [0.25, 0.3) is 22.3 Å². The number of aromatic hydroxyl groups is 2. The lowest BCUT2D eigenvalue weighted by Crippen LogP contribution is -2.61. The molecule has 0 amide bonds. The van der Waals surface area contributed by atoms with Crippen molar-refractivity contribution in [3.05, 3.63) is 46.6 Å². The van der Waals surface area contributed by atoms with E-state index in [9.17, 15) is 61.0 Å². The van der Waals surface area contributed by atoms with Crippen LogP contribution in [-0.2, 0) is 18.9 Å². The average Bonchev–Trinajstić information content (AvgIpc) is 3.11. The number of hydrogen-bond donors (Lipinski definition) is 11. The molecule has 0 saturated carbocycles. The second kappa shape index (κ2) is 15.0. The molecule has 0 spiro atoms. The van der Waals surface area contributed by atoms with E-state index in [2.05, 4.69) is 0 Å². The number of benzene rings is 2. The summed E-state index contributed by atoms with van der Waals surface area (Å²) in [7, 11) is 0. The first kappa shape index (κ1) is 38.1. The SMILES string of the molecule is C[C@@H]1O[C@@H](OC[C@H]2O[C@@H](Oc3c(-c4ccc(O)cc4)oc4cc(O[C@@H]5O[C@H](C)[C@H](O)[C@H](O)[C@H]5O)cc(O)c4c3=O)[C@H](O)[C@@H](O)[C@H]2O)[C@@H](O)[C@@H](O)[C@H]1O. The summed E-state index contributed by atoms with van der Waals surface area (Å²) in [5.41, 5.74) is -1.16. The predicted octanol–water partition coefficient (Wildman–Crippen LogP) is -2.89. The number of aliphatic hydroxyl groups is 9. The van der Waals surface area contributed by atoms with Gasteiger partial charge in [0.2, 0.25) is 23.8 Å². The second-order valence-electron chi connectivity index (χ2n) is 12.9. The highest BCUT2D eigenvalue weighted by molar-refractivity contribution is 5.88. The lowest BCUT2D eigenvalue weighted by atomic mass is 9.98. The molecule has 0 bridgehead atoms. The highest BCUT2D eigenvalue weighted by Crippen LogP contribution is 2.38. The molecule has 6 rings (SSSR count). The molecule has 3 aromatic rings. The average molecular weight is 741 g/mol. The molecule has 19 nitrogen and oxygen atoms in total. The quantitative estimate of drug-likeness (QED) is 0.110. The van der Waals surface area contributed by atoms with Crippen molar-refractivity contribution in [1.82, 2.24) is 0 Å². The summed E-state index contributed by atoms with van der Waals surface area (Å²) < 4.78 is 39.5. The molecule has 19 heteroatoms. The van der Waals surface area contributed by atoms with Gasteiger partial charge in [0.15, 0.2) is 12.1 Å². The van der Waals surface area contributed by atoms with Crippen molar-refractivity contribution in [2.75, 3.05) is 6.61 Å². The summed E-state index contributed by atoms with van der Waals surface area (Å²) in [5.74, 6) is -2.01. The molecule has 286 valence electrons. The maximum absolute atomic E-state index is 14.0. The van der Waals surface area contributed by atoms with Gasteiger partial charge in [0, 0.05) is 17.7 Å². The molecule has 3 aliphatic heterocycles. The fraction of sp³-hybridized carbons (Fsp3) is 0.545. The zero-order valence-electron chi connectivity index (χ0n) is 27.5. The maximum Gasteiger partial charge on any atom is 0.239 e. The van der Waals surface area contributed by atoms with Gasteiger partial charge in [0.25, 0.3) is 0 Å². The molecule has 0 radical (unpaired) electrons. The van der Waals surface area contributed by atoms with E-state index in [0.717, 1.165) is 6.07 Å². The van der Waals surface area contributed by atoms with E-state index in [1.807, 2.05) is 0 Å². The van der Waals surface area contributed by atoms with Crippen molar-refractivity contribution in [2.45, 2.75) is 106 Å². The summed E-state index contributed by atoms with van der Waals surface area (Å²) in [4.78, 5) is 14.0. The summed E-state index contributed by atoms with van der Waals surface area (Å²) in [5, 5.41) is 114. The second-order valence-corrected chi connectivity index (χ2v) is 12.9. The lowest BCUT2D eigenvalue weighted by molar-refractivity contribution is -0.318. The summed E-state index contributed by atoms with van der Waals surface area (Å²) in [6.07, 6.45) is -23.5. The van der Waals surface area contributed by atoms with E-state index in [4.69, 9.17) is 32.8 Å². The van der Waals surface area contributed by atoms with Gasteiger partial charge >= 0.3 is 0 Å². The topological polar surface area (TPSA) is 308 Å². The van der Waals surface area contributed by atoms with Crippen LogP contribution >= 0.6 is 0 Å². The van der Waals surface area contributed by atoms with E-state index >= 15 is 0 Å². The molecule has 0 unspecified atom stereocenters. The largest absolute Gasteiger partial charge is 0.508 e. The summed E-state index contributed by atoms with van der Waals surface area (Å²) in [6, 6.07) is 7.38. The number of phenols is 2. The standard InChI is InChI=1S/C33H40O19/c1-10-19(36)23(40)26(43)31(47-10)46-9-17-21(38)25(42)28(45)33(51-17)52-30-22(39)18-15(35)7-14(49-32-27(44)24(41)20(37)11(2)48-32)8-16(18)50-29(30)12-3-5-13(34)6-4-12/h3-8,10-11,17,19-21,23-28,31-38,40-45H,9H2,1-2H3/t10-,11+,17+,19-,20-,21-,23-,24-,25-,26-,27+,28+,31+,32-,33-/m0/s1. The van der Waals surface area contributed by atoms with Gasteiger partial charge in [-0.15, -0.1) is 0 Å². The fourth-order valence-electron chi connectivity index (χ4n) is 6.09. The van der Waals surface area contributed by atoms with E-state index in [1.165, 1.54) is 44.2 Å². The molecule has 3 fully saturated rings. The smallest absolute Gasteiger partial charge is 0.239 e. The molecule has 2 aromatic carbocycles. The molecular weight excluding hydrogens is 700 g/mol. The Labute approximate surface area is 293 Å². The van der Waals surface area contributed by atoms with Crippen molar-refractivity contribution in [3.8, 4) is 34.3 Å². The Morgan fingerprint density at radius 2 is 1.17 bits per heavy atom. The van der Waals surface area contributed by atoms with Crippen LogP contribution in [-0.4, -0.2) is 155 Å². The third kappa shape index (κ3) is 7.16. The highest BCUT2D eigenvalue weighted by Gasteiger charge is 2.48. The van der Waals surface area contributed by atoms with E-state index < -0.39 is 121 Å². The molecule has 3 saturated heterocycles. The normalized spacial score (nSPS) is 38.2. The first-order chi connectivity index (χ1) is 24.6. The van der Waals surface area contributed by atoms with Gasteiger partial charge < -0.3 is 89.0 Å². The van der Waals surface area contributed by atoms with Gasteiger partial charge in [0.1, 0.15) is 89.3 Å². The van der Waals surface area contributed by atoms with Crippen LogP contribution in [0.2, 0.25) is 0 Å². The monoisotopic (exact) mass is 740 g/mol. The van der Waals surface area contributed by atoms with E-state index in [1.54, 1.807) is 0 Å². The van der Waals surface area contributed by atoms with Gasteiger partial charge in [-0.2, -0.15) is 0 Å². The van der Waals surface area contributed by atoms with Crippen LogP contribution in [0.4, 0.5) is 0 Å². The molecule has 11 N–H and O–H groups in total. The number of phenolic OH excluding ortho intramolecular Hbond substituents is 2. The molecule has 3 aliphatic rings. The number of aliphatic hydroxyl groups excluding tert-OH is 9. The third-order valence-corrected chi connectivity index (χ3v) is 9.23. The predicted molar refractivity (Wildman–Crippen MR) is 170 cm³/mol.